The highest BCUT2D eigenvalue weighted by atomic mass is 32.2. The normalized spacial score (nSPS) is 22.2. The van der Waals surface area contributed by atoms with Gasteiger partial charge in [0.25, 0.3) is 10.0 Å². The number of nitrogens with zero attached hydrogens (tertiary/aromatic N) is 1. The van der Waals surface area contributed by atoms with Crippen molar-refractivity contribution >= 4 is 54.8 Å². The third-order valence-electron chi connectivity index (χ3n) is 6.68. The first-order chi connectivity index (χ1) is 17.6. The van der Waals surface area contributed by atoms with Crippen molar-refractivity contribution in [2.45, 2.75) is 43.9 Å². The van der Waals surface area contributed by atoms with Gasteiger partial charge in [0.15, 0.2) is 17.3 Å². The minimum atomic E-state index is -4.46. The third-order valence-corrected chi connectivity index (χ3v) is 9.18. The van der Waals surface area contributed by atoms with E-state index in [0.29, 0.717) is 29.9 Å². The largest absolute Gasteiger partial charge is 0.480 e. The second-order valence-electron chi connectivity index (χ2n) is 10.0. The lowest BCUT2D eigenvalue weighted by Crippen LogP contribution is -2.51. The molecule has 0 fully saturated rings. The highest BCUT2D eigenvalue weighted by molar-refractivity contribution is 7.93. The fraction of sp³-hybridized carbons (Fsp3) is 0.360. The number of carboxylic acid groups (broad SMARTS) is 1. The number of carboxylic acids is 1. The van der Waals surface area contributed by atoms with Gasteiger partial charge in [-0.1, -0.05) is 38.1 Å². The summed E-state index contributed by atoms with van der Waals surface area (Å²) in [6.07, 6.45) is 1.17. The van der Waals surface area contributed by atoms with Gasteiger partial charge in [-0.3, -0.25) is 19.1 Å². The van der Waals surface area contributed by atoms with E-state index in [0.717, 1.165) is 6.07 Å². The molecule has 0 aromatic heterocycles. The quantitative estimate of drug-likeness (QED) is 0.409. The van der Waals surface area contributed by atoms with E-state index in [1.165, 1.54) is 12.1 Å². The topological polar surface area (TPSA) is 176 Å². The minimum Gasteiger partial charge on any atom is -0.480 e. The standard InChI is InChI=1S/C25H27N3O8S2/c1-14(2)10-11-25(3)17-7-5-4-6-16(17)22(31)21(23(25)32)24-26-18-9-8-15(12-19(18)38(35,36)28-24)27-37(33,34)13-20(29)30/h4-9,12,14,21,27H,10-11,13H2,1-3H3,(H,26,28)(H,29,30)/t21?,25-/m1/s1. The lowest BCUT2D eigenvalue weighted by Gasteiger charge is -2.39. The Hall–Kier alpha value is -3.58. The second kappa shape index (κ2) is 9.62. The predicted octanol–water partition coefficient (Wildman–Crippen LogP) is 2.80. The molecule has 2 aromatic rings. The van der Waals surface area contributed by atoms with Gasteiger partial charge in [0.1, 0.15) is 16.6 Å². The summed E-state index contributed by atoms with van der Waals surface area (Å²) in [6.45, 7) is 5.81. The van der Waals surface area contributed by atoms with Crippen LogP contribution < -0.4 is 10.0 Å². The van der Waals surface area contributed by atoms with Gasteiger partial charge in [0.2, 0.25) is 10.0 Å². The second-order valence-corrected chi connectivity index (χ2v) is 13.3. The molecule has 3 N–H and O–H groups in total. The maximum absolute atomic E-state index is 13.9. The van der Waals surface area contributed by atoms with E-state index in [2.05, 4.69) is 9.71 Å². The first-order valence-corrected chi connectivity index (χ1v) is 14.9. The van der Waals surface area contributed by atoms with Gasteiger partial charge in [-0.15, -0.1) is 4.40 Å². The Morgan fingerprint density at radius 1 is 1.18 bits per heavy atom. The number of nitrogens with one attached hydrogen (secondary N) is 2. The SMILES string of the molecule is CC(C)CC[C@@]1(C)C(=O)C(C2=NS(=O)(=O)c3cc(NS(=O)(=O)CC(=O)O)ccc3N2)C(=O)c2ccccc21. The summed E-state index contributed by atoms with van der Waals surface area (Å²) in [5.74, 6) is -5.30. The van der Waals surface area contributed by atoms with Crippen molar-refractivity contribution in [1.29, 1.82) is 0 Å². The molecule has 13 heteroatoms. The molecule has 11 nitrogen and oxygen atoms in total. The molecule has 2 aliphatic rings. The monoisotopic (exact) mass is 561 g/mol. The van der Waals surface area contributed by atoms with Crippen LogP contribution in [0.5, 0.6) is 0 Å². The molecule has 4 rings (SSSR count). The van der Waals surface area contributed by atoms with Crippen LogP contribution in [-0.4, -0.2) is 51.1 Å². The van der Waals surface area contributed by atoms with Gasteiger partial charge in [-0.05, 0) is 49.4 Å². The number of Topliss-reactive ketones (excluding diaryl/α,β-unsaturated/α-hetero) is 2. The zero-order valence-electron chi connectivity index (χ0n) is 20.9. The maximum atomic E-state index is 13.9. The molecule has 0 spiro atoms. The average molecular weight is 562 g/mol. The van der Waals surface area contributed by atoms with Crippen LogP contribution in [0, 0.1) is 11.8 Å². The van der Waals surface area contributed by atoms with E-state index in [4.69, 9.17) is 5.11 Å². The number of amidine groups is 1. The summed E-state index contributed by atoms with van der Waals surface area (Å²) in [7, 11) is -8.74. The number of sulfonamides is 2. The number of anilines is 2. The lowest BCUT2D eigenvalue weighted by molar-refractivity contribution is -0.134. The zero-order valence-corrected chi connectivity index (χ0v) is 22.5. The number of carbonyl (C=O) groups is 3. The van der Waals surface area contributed by atoms with Crippen molar-refractivity contribution in [3.63, 3.8) is 0 Å². The van der Waals surface area contributed by atoms with E-state index < -0.39 is 59.6 Å². The van der Waals surface area contributed by atoms with Crippen LogP contribution in [0.4, 0.5) is 11.4 Å². The molecule has 0 bridgehead atoms. The summed E-state index contributed by atoms with van der Waals surface area (Å²) in [5.41, 5.74) is -0.294. The molecule has 1 aliphatic carbocycles. The maximum Gasteiger partial charge on any atom is 0.320 e. The molecular weight excluding hydrogens is 534 g/mol. The third kappa shape index (κ3) is 5.07. The van der Waals surface area contributed by atoms with Crippen LogP contribution in [0.3, 0.4) is 0 Å². The van der Waals surface area contributed by atoms with Crippen molar-refractivity contribution in [2.75, 3.05) is 15.8 Å². The zero-order chi connectivity index (χ0) is 28.0. The number of fused-ring (bicyclic) bond motifs is 2. The van der Waals surface area contributed by atoms with Gasteiger partial charge in [0.05, 0.1) is 16.8 Å². The number of rotatable bonds is 8. The molecular formula is C25H27N3O8S2. The fourth-order valence-corrected chi connectivity index (χ4v) is 6.80. The van der Waals surface area contributed by atoms with Crippen LogP contribution in [0.2, 0.25) is 0 Å². The summed E-state index contributed by atoms with van der Waals surface area (Å²) < 4.78 is 56.0. The Morgan fingerprint density at radius 3 is 2.53 bits per heavy atom. The Bertz CT molecular complexity index is 1600. The van der Waals surface area contributed by atoms with Crippen LogP contribution in [0.15, 0.2) is 51.8 Å². The van der Waals surface area contributed by atoms with E-state index in [-0.39, 0.29) is 17.2 Å². The van der Waals surface area contributed by atoms with E-state index in [1.54, 1.807) is 31.2 Å². The number of ketones is 2. The summed E-state index contributed by atoms with van der Waals surface area (Å²) in [5, 5.41) is 11.6. The first-order valence-electron chi connectivity index (χ1n) is 11.8. The first kappa shape index (κ1) is 27.5. The molecule has 38 heavy (non-hydrogen) atoms. The molecule has 2 atom stereocenters. The van der Waals surface area contributed by atoms with Crippen molar-refractivity contribution < 1.29 is 36.3 Å². The highest BCUT2D eigenvalue weighted by Crippen LogP contribution is 2.43. The fourth-order valence-electron chi connectivity index (χ4n) is 4.73. The van der Waals surface area contributed by atoms with Crippen molar-refractivity contribution in [2.24, 2.45) is 16.2 Å². The number of aliphatic carboxylic acids is 1. The van der Waals surface area contributed by atoms with Gasteiger partial charge in [-0.2, -0.15) is 8.42 Å². The van der Waals surface area contributed by atoms with Crippen LogP contribution in [-0.2, 0) is 35.1 Å². The van der Waals surface area contributed by atoms with Gasteiger partial charge >= 0.3 is 5.97 Å². The summed E-state index contributed by atoms with van der Waals surface area (Å²) >= 11 is 0. The molecule has 202 valence electrons. The smallest absolute Gasteiger partial charge is 0.320 e. The molecule has 0 radical (unpaired) electrons. The van der Waals surface area contributed by atoms with Gasteiger partial charge in [0, 0.05) is 5.56 Å². The average Bonchev–Trinajstić information content (AvgIpc) is 2.81. The van der Waals surface area contributed by atoms with Crippen LogP contribution in [0.1, 0.15) is 49.5 Å². The minimum absolute atomic E-state index is 0.000440. The van der Waals surface area contributed by atoms with Crippen molar-refractivity contribution in [3.05, 3.63) is 53.6 Å². The Balaban J connectivity index is 1.74. The molecule has 0 saturated carbocycles. The number of hydrogen-bond donors (Lipinski definition) is 3. The molecule has 1 unspecified atom stereocenters. The van der Waals surface area contributed by atoms with Crippen molar-refractivity contribution in [1.82, 2.24) is 0 Å². The molecule has 0 saturated heterocycles. The lowest BCUT2D eigenvalue weighted by atomic mass is 9.63. The Morgan fingerprint density at radius 2 is 1.87 bits per heavy atom. The van der Waals surface area contributed by atoms with Crippen molar-refractivity contribution in [3.8, 4) is 0 Å². The summed E-state index contributed by atoms with van der Waals surface area (Å²) in [6, 6.07) is 10.3. The van der Waals surface area contributed by atoms with E-state index >= 15 is 0 Å². The molecule has 0 amide bonds. The number of carbonyl (C=O) groups excluding carboxylic acids is 2. The Labute approximate surface area is 220 Å². The van der Waals surface area contributed by atoms with E-state index in [1.807, 2.05) is 18.6 Å². The van der Waals surface area contributed by atoms with Gasteiger partial charge < -0.3 is 10.4 Å². The molecule has 1 heterocycles. The number of hydrogen-bond acceptors (Lipinski definition) is 8. The number of benzene rings is 2. The highest BCUT2D eigenvalue weighted by Gasteiger charge is 2.51. The molecule has 2 aromatic carbocycles. The van der Waals surface area contributed by atoms with Crippen LogP contribution >= 0.6 is 0 Å². The Kier molecular flexibility index (Phi) is 6.95. The predicted molar refractivity (Wildman–Crippen MR) is 140 cm³/mol. The van der Waals surface area contributed by atoms with E-state index in [9.17, 15) is 31.2 Å². The van der Waals surface area contributed by atoms with Gasteiger partial charge in [-0.25, -0.2) is 8.42 Å². The van der Waals surface area contributed by atoms with Crippen LogP contribution in [0.25, 0.3) is 0 Å². The summed E-state index contributed by atoms with van der Waals surface area (Å²) in [4.78, 5) is 37.8. The molecule has 1 aliphatic heterocycles.